The van der Waals surface area contributed by atoms with Gasteiger partial charge < -0.3 is 4.90 Å². The largest absolute Gasteiger partial charge is 0.341 e. The molecule has 1 heterocycles. The summed E-state index contributed by atoms with van der Waals surface area (Å²) < 4.78 is 53.4. The SMILES string of the molecule is CN1CCc2ccc(NS(=O)(=O)c3ccc(F)cc3F)cc2C1=O. The van der Waals surface area contributed by atoms with E-state index < -0.39 is 26.6 Å². The van der Waals surface area contributed by atoms with E-state index in [1.54, 1.807) is 18.0 Å². The first-order valence-electron chi connectivity index (χ1n) is 7.14. The minimum Gasteiger partial charge on any atom is -0.341 e. The molecule has 0 unspecified atom stereocenters. The molecule has 0 aliphatic carbocycles. The van der Waals surface area contributed by atoms with E-state index in [2.05, 4.69) is 4.72 Å². The molecule has 0 fully saturated rings. The Balaban J connectivity index is 1.95. The van der Waals surface area contributed by atoms with Gasteiger partial charge in [0.25, 0.3) is 15.9 Å². The molecule has 24 heavy (non-hydrogen) atoms. The standard InChI is InChI=1S/C16H14F2N2O3S/c1-20-7-6-10-2-4-12(9-13(10)16(20)21)19-24(22,23)15-5-3-11(17)8-14(15)18/h2-5,8-9,19H,6-7H2,1H3. The summed E-state index contributed by atoms with van der Waals surface area (Å²) in [5.74, 6) is -2.25. The van der Waals surface area contributed by atoms with Gasteiger partial charge in [-0.3, -0.25) is 9.52 Å². The van der Waals surface area contributed by atoms with Crippen molar-refractivity contribution in [3.05, 3.63) is 59.2 Å². The molecule has 0 aromatic heterocycles. The molecule has 126 valence electrons. The van der Waals surface area contributed by atoms with Gasteiger partial charge in [-0.1, -0.05) is 6.07 Å². The second-order valence-corrected chi connectivity index (χ2v) is 7.18. The van der Waals surface area contributed by atoms with Crippen molar-refractivity contribution in [2.24, 2.45) is 0 Å². The Morgan fingerprint density at radius 1 is 1.12 bits per heavy atom. The fourth-order valence-electron chi connectivity index (χ4n) is 2.56. The number of benzene rings is 2. The number of carbonyl (C=O) groups excluding carboxylic acids is 1. The van der Waals surface area contributed by atoms with Gasteiger partial charge in [0, 0.05) is 30.9 Å². The van der Waals surface area contributed by atoms with Gasteiger partial charge in [0.15, 0.2) is 0 Å². The summed E-state index contributed by atoms with van der Waals surface area (Å²) in [6.45, 7) is 0.595. The molecule has 0 saturated carbocycles. The van der Waals surface area contributed by atoms with Gasteiger partial charge in [-0.05, 0) is 36.2 Å². The maximum Gasteiger partial charge on any atom is 0.264 e. The van der Waals surface area contributed by atoms with E-state index in [1.165, 1.54) is 12.1 Å². The first-order valence-corrected chi connectivity index (χ1v) is 8.62. The molecule has 0 radical (unpaired) electrons. The van der Waals surface area contributed by atoms with E-state index in [9.17, 15) is 22.0 Å². The van der Waals surface area contributed by atoms with Crippen LogP contribution in [0, 0.1) is 11.6 Å². The van der Waals surface area contributed by atoms with Gasteiger partial charge in [0.2, 0.25) is 0 Å². The van der Waals surface area contributed by atoms with E-state index in [0.717, 1.165) is 17.7 Å². The quantitative estimate of drug-likeness (QED) is 0.922. The van der Waals surface area contributed by atoms with Gasteiger partial charge in [-0.25, -0.2) is 17.2 Å². The lowest BCUT2D eigenvalue weighted by molar-refractivity contribution is 0.0781. The monoisotopic (exact) mass is 352 g/mol. The summed E-state index contributed by atoms with van der Waals surface area (Å²) in [6.07, 6.45) is 0.678. The zero-order valence-electron chi connectivity index (χ0n) is 12.7. The topological polar surface area (TPSA) is 66.5 Å². The molecule has 2 aromatic rings. The van der Waals surface area contributed by atoms with Crippen LogP contribution in [0.25, 0.3) is 0 Å². The summed E-state index contributed by atoms with van der Waals surface area (Å²) in [7, 11) is -2.57. The normalized spacial score (nSPS) is 14.5. The lowest BCUT2D eigenvalue weighted by Crippen LogP contribution is -2.34. The van der Waals surface area contributed by atoms with Crippen molar-refractivity contribution in [1.29, 1.82) is 0 Å². The first-order chi connectivity index (χ1) is 11.3. The smallest absolute Gasteiger partial charge is 0.264 e. The number of rotatable bonds is 3. The third-order valence-electron chi connectivity index (χ3n) is 3.84. The van der Waals surface area contributed by atoms with Crippen molar-refractivity contribution < 1.29 is 22.0 Å². The van der Waals surface area contributed by atoms with Crippen LogP contribution in [0.2, 0.25) is 0 Å². The summed E-state index contributed by atoms with van der Waals surface area (Å²) in [5.41, 5.74) is 1.37. The van der Waals surface area contributed by atoms with E-state index in [4.69, 9.17) is 0 Å². The molecule has 0 bridgehead atoms. The van der Waals surface area contributed by atoms with Crippen LogP contribution in [-0.4, -0.2) is 32.8 Å². The molecule has 0 atom stereocenters. The third kappa shape index (κ3) is 2.96. The van der Waals surface area contributed by atoms with Gasteiger partial charge in [-0.15, -0.1) is 0 Å². The molecule has 1 aliphatic heterocycles. The number of likely N-dealkylation sites (N-methyl/N-ethyl adjacent to an activating group) is 1. The molecule has 0 saturated heterocycles. The molecular formula is C16H14F2N2O3S. The van der Waals surface area contributed by atoms with Crippen LogP contribution in [0.3, 0.4) is 0 Å². The highest BCUT2D eigenvalue weighted by atomic mass is 32.2. The molecule has 2 aromatic carbocycles. The highest BCUT2D eigenvalue weighted by Crippen LogP contribution is 2.25. The number of sulfonamides is 1. The predicted molar refractivity (Wildman–Crippen MR) is 84.3 cm³/mol. The Morgan fingerprint density at radius 3 is 2.58 bits per heavy atom. The second kappa shape index (κ2) is 5.86. The van der Waals surface area contributed by atoms with Crippen molar-refractivity contribution in [3.63, 3.8) is 0 Å². The number of nitrogens with zero attached hydrogens (tertiary/aromatic N) is 1. The van der Waals surface area contributed by atoms with Crippen LogP contribution in [0.5, 0.6) is 0 Å². The minimum absolute atomic E-state index is 0.140. The molecule has 1 amide bonds. The zero-order chi connectivity index (χ0) is 17.5. The number of carbonyl (C=O) groups is 1. The third-order valence-corrected chi connectivity index (χ3v) is 5.25. The van der Waals surface area contributed by atoms with Crippen LogP contribution in [0.1, 0.15) is 15.9 Å². The van der Waals surface area contributed by atoms with E-state index in [0.29, 0.717) is 24.6 Å². The van der Waals surface area contributed by atoms with Crippen LogP contribution in [0.15, 0.2) is 41.3 Å². The Hall–Kier alpha value is -2.48. The fourth-order valence-corrected chi connectivity index (χ4v) is 3.67. The number of amides is 1. The molecule has 1 aliphatic rings. The van der Waals surface area contributed by atoms with Crippen molar-refractivity contribution in [2.75, 3.05) is 18.3 Å². The average Bonchev–Trinajstić information content (AvgIpc) is 2.50. The lowest BCUT2D eigenvalue weighted by Gasteiger charge is -2.25. The van der Waals surface area contributed by atoms with Crippen LogP contribution in [-0.2, 0) is 16.4 Å². The Morgan fingerprint density at radius 2 is 1.88 bits per heavy atom. The Labute approximate surface area is 138 Å². The van der Waals surface area contributed by atoms with Gasteiger partial charge in [-0.2, -0.15) is 0 Å². The predicted octanol–water partition coefficient (Wildman–Crippen LogP) is 2.39. The maximum absolute atomic E-state index is 13.7. The summed E-state index contributed by atoms with van der Waals surface area (Å²) in [6, 6.07) is 6.81. The molecule has 3 rings (SSSR count). The molecule has 1 N–H and O–H groups in total. The molecule has 5 nitrogen and oxygen atoms in total. The lowest BCUT2D eigenvalue weighted by atomic mass is 9.99. The van der Waals surface area contributed by atoms with Crippen LogP contribution in [0.4, 0.5) is 14.5 Å². The Bertz CT molecular complexity index is 929. The second-order valence-electron chi connectivity index (χ2n) is 5.53. The summed E-state index contributed by atoms with van der Waals surface area (Å²) in [4.78, 5) is 13.0. The number of hydrogen-bond acceptors (Lipinski definition) is 3. The number of halogens is 2. The Kier molecular flexibility index (Phi) is 4.00. The molecular weight excluding hydrogens is 338 g/mol. The zero-order valence-corrected chi connectivity index (χ0v) is 13.5. The van der Waals surface area contributed by atoms with Crippen molar-refractivity contribution >= 4 is 21.6 Å². The number of hydrogen-bond donors (Lipinski definition) is 1. The van der Waals surface area contributed by atoms with Gasteiger partial charge in [0.1, 0.15) is 16.5 Å². The van der Waals surface area contributed by atoms with Crippen molar-refractivity contribution in [2.45, 2.75) is 11.3 Å². The van der Waals surface area contributed by atoms with E-state index in [1.807, 2.05) is 0 Å². The minimum atomic E-state index is -4.23. The number of fused-ring (bicyclic) bond motifs is 1. The average molecular weight is 352 g/mol. The van der Waals surface area contributed by atoms with Crippen molar-refractivity contribution in [1.82, 2.24) is 4.90 Å². The summed E-state index contributed by atoms with van der Waals surface area (Å²) in [5, 5.41) is 0. The van der Waals surface area contributed by atoms with Crippen molar-refractivity contribution in [3.8, 4) is 0 Å². The van der Waals surface area contributed by atoms with Crippen LogP contribution >= 0.6 is 0 Å². The maximum atomic E-state index is 13.7. The van der Waals surface area contributed by atoms with Crippen LogP contribution < -0.4 is 4.72 Å². The van der Waals surface area contributed by atoms with Gasteiger partial charge in [0.05, 0.1) is 0 Å². The molecule has 8 heteroatoms. The highest BCUT2D eigenvalue weighted by molar-refractivity contribution is 7.92. The van der Waals surface area contributed by atoms with E-state index in [-0.39, 0.29) is 11.6 Å². The summed E-state index contributed by atoms with van der Waals surface area (Å²) >= 11 is 0. The molecule has 0 spiro atoms. The van der Waals surface area contributed by atoms with E-state index >= 15 is 0 Å². The fraction of sp³-hybridized carbons (Fsp3) is 0.188. The van der Waals surface area contributed by atoms with Gasteiger partial charge >= 0.3 is 0 Å². The highest BCUT2D eigenvalue weighted by Gasteiger charge is 2.24. The number of anilines is 1. The number of nitrogens with one attached hydrogen (secondary N) is 1. The first kappa shape index (κ1) is 16.4.